The Labute approximate surface area is 195 Å². The Morgan fingerprint density at radius 2 is 1.09 bits per heavy atom. The molecular formula is C30H19BrO. The third-order valence-electron chi connectivity index (χ3n) is 6.58. The summed E-state index contributed by atoms with van der Waals surface area (Å²) in [5.74, 6) is 0.0581. The molecule has 2 aliphatic carbocycles. The van der Waals surface area contributed by atoms with Crippen molar-refractivity contribution in [2.24, 2.45) is 0 Å². The second kappa shape index (κ2) is 7.29. The Balaban J connectivity index is 1.82. The fourth-order valence-electron chi connectivity index (χ4n) is 5.40. The van der Waals surface area contributed by atoms with Gasteiger partial charge in [-0.2, -0.15) is 0 Å². The standard InChI is InChI=1S/C30H19BrO/c31-28-26(21-14-6-2-7-15-21)30(22-16-8-3-9-17-22)24-19-11-10-18-23(24)25(27(30)29(28)32)20-12-4-1-5-13-20/h1-19H/t30-/m1/s1. The molecule has 0 fully saturated rings. The monoisotopic (exact) mass is 474 g/mol. The van der Waals surface area contributed by atoms with Gasteiger partial charge in [-0.1, -0.05) is 115 Å². The van der Waals surface area contributed by atoms with Crippen molar-refractivity contribution in [3.05, 3.63) is 153 Å². The van der Waals surface area contributed by atoms with Crippen molar-refractivity contribution in [1.82, 2.24) is 0 Å². The van der Waals surface area contributed by atoms with E-state index in [0.29, 0.717) is 4.48 Å². The lowest BCUT2D eigenvalue weighted by Crippen LogP contribution is -2.28. The van der Waals surface area contributed by atoms with E-state index in [0.717, 1.165) is 44.5 Å². The third-order valence-corrected chi connectivity index (χ3v) is 7.33. The first kappa shape index (κ1) is 19.2. The highest BCUT2D eigenvalue weighted by atomic mass is 79.9. The smallest absolute Gasteiger partial charge is 0.198 e. The Bertz CT molecular complexity index is 1420. The van der Waals surface area contributed by atoms with E-state index >= 15 is 0 Å². The van der Waals surface area contributed by atoms with E-state index in [9.17, 15) is 4.79 Å². The topological polar surface area (TPSA) is 17.1 Å². The maximum atomic E-state index is 14.0. The van der Waals surface area contributed by atoms with Gasteiger partial charge in [0.15, 0.2) is 5.78 Å². The van der Waals surface area contributed by atoms with Crippen LogP contribution in [0.1, 0.15) is 27.8 Å². The van der Waals surface area contributed by atoms with Gasteiger partial charge in [-0.3, -0.25) is 4.79 Å². The number of ketones is 1. The number of hydrogen-bond donors (Lipinski definition) is 0. The van der Waals surface area contributed by atoms with E-state index < -0.39 is 5.41 Å². The van der Waals surface area contributed by atoms with Crippen LogP contribution in [0.5, 0.6) is 0 Å². The zero-order valence-corrected chi connectivity index (χ0v) is 18.8. The normalized spacial score (nSPS) is 19.3. The number of hydrogen-bond acceptors (Lipinski definition) is 1. The summed E-state index contributed by atoms with van der Waals surface area (Å²) in [5, 5.41) is 0. The van der Waals surface area contributed by atoms with E-state index in [1.165, 1.54) is 0 Å². The average Bonchev–Trinajstić information content (AvgIpc) is 3.29. The molecule has 4 aromatic rings. The van der Waals surface area contributed by atoms with Crippen LogP contribution in [0.25, 0.3) is 11.1 Å². The number of carbonyl (C=O) groups excluding carboxylic acids is 1. The number of Topliss-reactive ketones (excluding diaryl/α,β-unsaturated/α-hetero) is 1. The highest BCUT2D eigenvalue weighted by Crippen LogP contribution is 2.64. The lowest BCUT2D eigenvalue weighted by molar-refractivity contribution is -0.111. The average molecular weight is 475 g/mol. The first-order valence-corrected chi connectivity index (χ1v) is 11.5. The first-order valence-electron chi connectivity index (χ1n) is 10.7. The fraction of sp³-hybridized carbons (Fsp3) is 0.0333. The summed E-state index contributed by atoms with van der Waals surface area (Å²) in [7, 11) is 0. The van der Waals surface area contributed by atoms with E-state index in [4.69, 9.17) is 0 Å². The molecule has 32 heavy (non-hydrogen) atoms. The Morgan fingerprint density at radius 1 is 0.562 bits per heavy atom. The van der Waals surface area contributed by atoms with Crippen molar-refractivity contribution in [1.29, 1.82) is 0 Å². The van der Waals surface area contributed by atoms with Gasteiger partial charge in [-0.15, -0.1) is 0 Å². The van der Waals surface area contributed by atoms with Crippen LogP contribution >= 0.6 is 15.9 Å². The number of carbonyl (C=O) groups is 1. The van der Waals surface area contributed by atoms with Crippen LogP contribution in [0.4, 0.5) is 0 Å². The maximum absolute atomic E-state index is 14.0. The minimum absolute atomic E-state index is 0.0581. The Kier molecular flexibility index (Phi) is 4.38. The summed E-state index contributed by atoms with van der Waals surface area (Å²) in [5.41, 5.74) is 7.71. The summed E-state index contributed by atoms with van der Waals surface area (Å²) in [6, 6.07) is 39.5. The van der Waals surface area contributed by atoms with Crippen molar-refractivity contribution < 1.29 is 4.79 Å². The van der Waals surface area contributed by atoms with Gasteiger partial charge in [0.05, 0.1) is 9.90 Å². The molecule has 0 spiro atoms. The van der Waals surface area contributed by atoms with Crippen LogP contribution in [-0.2, 0) is 10.2 Å². The second-order valence-corrected chi connectivity index (χ2v) is 8.95. The summed E-state index contributed by atoms with van der Waals surface area (Å²) in [6.45, 7) is 0. The molecule has 0 amide bonds. The van der Waals surface area contributed by atoms with E-state index in [1.54, 1.807) is 0 Å². The second-order valence-electron chi connectivity index (χ2n) is 8.16. The number of allylic oxidation sites excluding steroid dienone is 3. The van der Waals surface area contributed by atoms with Crippen LogP contribution in [0.15, 0.2) is 125 Å². The molecule has 0 unspecified atom stereocenters. The van der Waals surface area contributed by atoms with Crippen LogP contribution in [0, 0.1) is 0 Å². The minimum atomic E-state index is -0.666. The molecule has 2 heteroatoms. The number of fused-ring (bicyclic) bond motifs is 3. The number of benzene rings is 4. The summed E-state index contributed by atoms with van der Waals surface area (Å²) in [4.78, 5) is 14.0. The molecule has 6 rings (SSSR count). The van der Waals surface area contributed by atoms with Gasteiger partial charge in [0.25, 0.3) is 0 Å². The van der Waals surface area contributed by atoms with Gasteiger partial charge in [0.1, 0.15) is 0 Å². The zero-order chi connectivity index (χ0) is 21.7. The fourth-order valence-corrected chi connectivity index (χ4v) is 6.13. The van der Waals surface area contributed by atoms with Crippen molar-refractivity contribution in [2.75, 3.05) is 0 Å². The highest BCUT2D eigenvalue weighted by molar-refractivity contribution is 9.12. The molecular weight excluding hydrogens is 456 g/mol. The highest BCUT2D eigenvalue weighted by Gasteiger charge is 2.57. The number of halogens is 1. The predicted molar refractivity (Wildman–Crippen MR) is 133 cm³/mol. The molecule has 0 heterocycles. The van der Waals surface area contributed by atoms with Crippen LogP contribution in [0.2, 0.25) is 0 Å². The molecule has 1 atom stereocenters. The van der Waals surface area contributed by atoms with Crippen LogP contribution < -0.4 is 0 Å². The SMILES string of the molecule is O=C1C(Br)=C(c2ccccc2)[C@]2(c3ccccc3)C1=C(c1ccccc1)c1ccccc12. The van der Waals surface area contributed by atoms with Crippen molar-refractivity contribution in [2.45, 2.75) is 5.41 Å². The van der Waals surface area contributed by atoms with Gasteiger partial charge in [-0.25, -0.2) is 0 Å². The van der Waals surface area contributed by atoms with Gasteiger partial charge in [0, 0.05) is 5.57 Å². The molecule has 0 saturated heterocycles. The molecule has 152 valence electrons. The molecule has 2 aliphatic rings. The maximum Gasteiger partial charge on any atom is 0.198 e. The van der Waals surface area contributed by atoms with Gasteiger partial charge < -0.3 is 0 Å². The number of rotatable bonds is 3. The summed E-state index contributed by atoms with van der Waals surface area (Å²) in [6.07, 6.45) is 0. The van der Waals surface area contributed by atoms with Crippen molar-refractivity contribution in [3.63, 3.8) is 0 Å². The molecule has 4 aromatic carbocycles. The first-order chi connectivity index (χ1) is 15.7. The molecule has 1 nitrogen and oxygen atoms in total. The van der Waals surface area contributed by atoms with Crippen molar-refractivity contribution >= 4 is 32.9 Å². The van der Waals surface area contributed by atoms with E-state index in [2.05, 4.69) is 88.7 Å². The lowest BCUT2D eigenvalue weighted by Gasteiger charge is -2.33. The summed E-state index contributed by atoms with van der Waals surface area (Å²) < 4.78 is 0.644. The largest absolute Gasteiger partial charge is 0.288 e. The van der Waals surface area contributed by atoms with Gasteiger partial charge >= 0.3 is 0 Å². The minimum Gasteiger partial charge on any atom is -0.288 e. The van der Waals surface area contributed by atoms with E-state index in [1.807, 2.05) is 42.5 Å². The third kappa shape index (κ3) is 2.47. The predicted octanol–water partition coefficient (Wildman–Crippen LogP) is 7.18. The molecule has 0 saturated carbocycles. The Hall–Kier alpha value is -3.49. The zero-order valence-electron chi connectivity index (χ0n) is 17.3. The Morgan fingerprint density at radius 3 is 1.75 bits per heavy atom. The van der Waals surface area contributed by atoms with Crippen LogP contribution in [0.3, 0.4) is 0 Å². The lowest BCUT2D eigenvalue weighted by atomic mass is 9.67. The van der Waals surface area contributed by atoms with Gasteiger partial charge in [-0.05, 0) is 54.9 Å². The molecule has 0 aromatic heterocycles. The summed E-state index contributed by atoms with van der Waals surface area (Å²) >= 11 is 3.74. The quantitative estimate of drug-likeness (QED) is 0.307. The van der Waals surface area contributed by atoms with Crippen molar-refractivity contribution in [3.8, 4) is 0 Å². The molecule has 0 radical (unpaired) electrons. The molecule has 0 N–H and O–H groups in total. The van der Waals surface area contributed by atoms with E-state index in [-0.39, 0.29) is 5.78 Å². The van der Waals surface area contributed by atoms with Crippen LogP contribution in [-0.4, -0.2) is 5.78 Å². The molecule has 0 bridgehead atoms. The van der Waals surface area contributed by atoms with Gasteiger partial charge in [0.2, 0.25) is 0 Å². The molecule has 0 aliphatic heterocycles.